The first-order valence-electron chi connectivity index (χ1n) is 5.04. The maximum absolute atomic E-state index is 11.2. The highest BCUT2D eigenvalue weighted by molar-refractivity contribution is 7.09. The van der Waals surface area contributed by atoms with Crippen molar-refractivity contribution in [3.05, 3.63) is 16.1 Å². The molecule has 0 aliphatic heterocycles. The Labute approximate surface area is 94.5 Å². The van der Waals surface area contributed by atoms with Crippen LogP contribution >= 0.6 is 11.3 Å². The smallest absolute Gasteiger partial charge is 0.311 e. The summed E-state index contributed by atoms with van der Waals surface area (Å²) in [6.07, 6.45) is 0.278. The molecule has 1 aromatic heterocycles. The molecule has 0 saturated carbocycles. The number of aromatic nitrogens is 1. The van der Waals surface area contributed by atoms with Crippen LogP contribution in [0.2, 0.25) is 0 Å². The van der Waals surface area contributed by atoms with Gasteiger partial charge < -0.3 is 4.74 Å². The van der Waals surface area contributed by atoms with Crippen LogP contribution in [0.25, 0.3) is 0 Å². The lowest BCUT2D eigenvalue weighted by molar-refractivity contribution is -0.142. The molecule has 15 heavy (non-hydrogen) atoms. The third kappa shape index (κ3) is 3.63. The Morgan fingerprint density at radius 3 is 2.67 bits per heavy atom. The summed E-state index contributed by atoms with van der Waals surface area (Å²) in [5, 5.41) is 2.99. The van der Waals surface area contributed by atoms with Gasteiger partial charge in [0.15, 0.2) is 0 Å². The Kier molecular flexibility index (Phi) is 3.85. The van der Waals surface area contributed by atoms with Gasteiger partial charge >= 0.3 is 5.97 Å². The summed E-state index contributed by atoms with van der Waals surface area (Å²) >= 11 is 1.60. The number of thiazole rings is 1. The lowest BCUT2D eigenvalue weighted by Gasteiger charge is -2.13. The van der Waals surface area contributed by atoms with Crippen LogP contribution in [-0.4, -0.2) is 17.6 Å². The van der Waals surface area contributed by atoms with Crippen LogP contribution in [0.15, 0.2) is 5.38 Å². The average molecular weight is 227 g/mol. The number of esters is 1. The van der Waals surface area contributed by atoms with Gasteiger partial charge in [-0.2, -0.15) is 0 Å². The van der Waals surface area contributed by atoms with Gasteiger partial charge in [0.05, 0.1) is 23.7 Å². The molecule has 1 aromatic rings. The molecular weight excluding hydrogens is 210 g/mol. The van der Waals surface area contributed by atoms with Crippen molar-refractivity contribution in [2.45, 2.75) is 39.5 Å². The molecule has 0 aliphatic carbocycles. The highest BCUT2D eigenvalue weighted by Crippen LogP contribution is 2.25. The zero-order valence-corrected chi connectivity index (χ0v) is 10.5. The Morgan fingerprint density at radius 1 is 1.53 bits per heavy atom. The molecule has 1 heterocycles. The van der Waals surface area contributed by atoms with E-state index in [1.165, 1.54) is 0 Å². The molecule has 4 heteroatoms. The van der Waals surface area contributed by atoms with E-state index in [0.717, 1.165) is 10.7 Å². The lowest BCUT2D eigenvalue weighted by atomic mass is 9.98. The van der Waals surface area contributed by atoms with E-state index in [2.05, 4.69) is 25.8 Å². The van der Waals surface area contributed by atoms with Crippen LogP contribution < -0.4 is 0 Å². The minimum atomic E-state index is -0.205. The molecule has 3 nitrogen and oxygen atoms in total. The number of carbonyl (C=O) groups is 1. The summed E-state index contributed by atoms with van der Waals surface area (Å²) in [5.74, 6) is -0.205. The van der Waals surface area contributed by atoms with Crippen LogP contribution in [0, 0.1) is 0 Å². The van der Waals surface area contributed by atoms with Crippen molar-refractivity contribution < 1.29 is 9.53 Å². The monoisotopic (exact) mass is 227 g/mol. The van der Waals surface area contributed by atoms with Gasteiger partial charge in [-0.3, -0.25) is 4.79 Å². The van der Waals surface area contributed by atoms with Crippen molar-refractivity contribution in [3.63, 3.8) is 0 Å². The normalized spacial score (nSPS) is 11.5. The fourth-order valence-corrected chi connectivity index (χ4v) is 2.00. The van der Waals surface area contributed by atoms with E-state index >= 15 is 0 Å². The summed E-state index contributed by atoms with van der Waals surface area (Å²) in [4.78, 5) is 15.6. The number of nitrogens with zero attached hydrogens (tertiary/aromatic N) is 1. The molecule has 1 rings (SSSR count). The van der Waals surface area contributed by atoms with E-state index in [9.17, 15) is 4.79 Å². The summed E-state index contributed by atoms with van der Waals surface area (Å²) in [6.45, 7) is 8.56. The molecule has 0 fully saturated rings. The van der Waals surface area contributed by atoms with Gasteiger partial charge in [0.2, 0.25) is 0 Å². The molecule has 0 radical (unpaired) electrons. The number of hydrogen-bond acceptors (Lipinski definition) is 4. The van der Waals surface area contributed by atoms with Crippen molar-refractivity contribution in [3.8, 4) is 0 Å². The zero-order valence-electron chi connectivity index (χ0n) is 9.66. The second-order valence-electron chi connectivity index (χ2n) is 4.38. The van der Waals surface area contributed by atoms with Gasteiger partial charge in [-0.05, 0) is 6.92 Å². The standard InChI is InChI=1S/C11H17NO2S/c1-5-14-9(13)6-8-7-15-10(12-8)11(2,3)4/h7H,5-6H2,1-4H3. The van der Waals surface area contributed by atoms with Crippen molar-refractivity contribution >= 4 is 17.3 Å². The maximum atomic E-state index is 11.2. The molecule has 0 N–H and O–H groups in total. The Bertz CT molecular complexity index is 339. The molecule has 84 valence electrons. The summed E-state index contributed by atoms with van der Waals surface area (Å²) < 4.78 is 4.87. The topological polar surface area (TPSA) is 39.2 Å². The molecule has 0 unspecified atom stereocenters. The van der Waals surface area contributed by atoms with E-state index in [1.54, 1.807) is 18.3 Å². The van der Waals surface area contributed by atoms with E-state index in [0.29, 0.717) is 6.61 Å². The molecule has 0 spiro atoms. The van der Waals surface area contributed by atoms with Gasteiger partial charge in [-0.15, -0.1) is 11.3 Å². The first-order valence-corrected chi connectivity index (χ1v) is 5.92. The third-order valence-electron chi connectivity index (χ3n) is 1.82. The SMILES string of the molecule is CCOC(=O)Cc1csc(C(C)(C)C)n1. The number of ether oxygens (including phenoxy) is 1. The van der Waals surface area contributed by atoms with Gasteiger partial charge in [0.1, 0.15) is 0 Å². The maximum Gasteiger partial charge on any atom is 0.311 e. The molecule has 0 aliphatic rings. The van der Waals surface area contributed by atoms with E-state index in [4.69, 9.17) is 4.74 Å². The molecule has 0 atom stereocenters. The van der Waals surface area contributed by atoms with Crippen LogP contribution in [0.1, 0.15) is 38.4 Å². The van der Waals surface area contributed by atoms with E-state index < -0.39 is 0 Å². The largest absolute Gasteiger partial charge is 0.466 e. The van der Waals surface area contributed by atoms with Crippen LogP contribution in [0.4, 0.5) is 0 Å². The summed E-state index contributed by atoms with van der Waals surface area (Å²) in [6, 6.07) is 0. The second-order valence-corrected chi connectivity index (χ2v) is 5.23. The molecule has 0 aromatic carbocycles. The fraction of sp³-hybridized carbons (Fsp3) is 0.636. The Morgan fingerprint density at radius 2 is 2.20 bits per heavy atom. The average Bonchev–Trinajstić information content (AvgIpc) is 2.52. The molecule has 0 saturated heterocycles. The quantitative estimate of drug-likeness (QED) is 0.745. The number of rotatable bonds is 3. The summed E-state index contributed by atoms with van der Waals surface area (Å²) in [7, 11) is 0. The highest BCUT2D eigenvalue weighted by Gasteiger charge is 2.18. The Hall–Kier alpha value is -0.900. The van der Waals surface area contributed by atoms with Crippen LogP contribution in [-0.2, 0) is 21.4 Å². The summed E-state index contributed by atoms with van der Waals surface area (Å²) in [5.41, 5.74) is 0.862. The fourth-order valence-electron chi connectivity index (χ4n) is 1.09. The highest BCUT2D eigenvalue weighted by atomic mass is 32.1. The van der Waals surface area contributed by atoms with Crippen LogP contribution in [0.3, 0.4) is 0 Å². The van der Waals surface area contributed by atoms with Crippen molar-refractivity contribution in [2.75, 3.05) is 6.61 Å². The third-order valence-corrected chi connectivity index (χ3v) is 3.14. The van der Waals surface area contributed by atoms with Gasteiger partial charge in [-0.1, -0.05) is 20.8 Å². The van der Waals surface area contributed by atoms with Crippen molar-refractivity contribution in [1.82, 2.24) is 4.98 Å². The predicted octanol–water partition coefficient (Wildman–Crippen LogP) is 2.55. The predicted molar refractivity (Wildman–Crippen MR) is 61.2 cm³/mol. The van der Waals surface area contributed by atoms with Crippen molar-refractivity contribution in [2.24, 2.45) is 0 Å². The van der Waals surface area contributed by atoms with Crippen molar-refractivity contribution in [1.29, 1.82) is 0 Å². The minimum absolute atomic E-state index is 0.0532. The minimum Gasteiger partial charge on any atom is -0.466 e. The molecular formula is C11H17NO2S. The van der Waals surface area contributed by atoms with E-state index in [1.807, 2.05) is 5.38 Å². The van der Waals surface area contributed by atoms with Crippen LogP contribution in [0.5, 0.6) is 0 Å². The first-order chi connectivity index (χ1) is 6.93. The lowest BCUT2D eigenvalue weighted by Crippen LogP contribution is -2.12. The number of carbonyl (C=O) groups excluding carboxylic acids is 1. The first kappa shape index (κ1) is 12.2. The number of hydrogen-bond donors (Lipinski definition) is 0. The van der Waals surface area contributed by atoms with Gasteiger partial charge in [0, 0.05) is 10.8 Å². The Balaban J connectivity index is 2.65. The second kappa shape index (κ2) is 4.75. The van der Waals surface area contributed by atoms with E-state index in [-0.39, 0.29) is 17.8 Å². The molecule has 0 bridgehead atoms. The zero-order chi connectivity index (χ0) is 11.5. The van der Waals surface area contributed by atoms with Gasteiger partial charge in [-0.25, -0.2) is 4.98 Å². The van der Waals surface area contributed by atoms with Gasteiger partial charge in [0.25, 0.3) is 0 Å². The molecule has 0 amide bonds.